The number of Topliss-reactive ketones (excluding diaryl/α,β-unsaturated/α-hetero) is 1. The SMILES string of the molecule is COc1ccc(C(C)=O)cc1CSCCCO. The van der Waals surface area contributed by atoms with E-state index in [0.717, 1.165) is 29.2 Å². The molecule has 0 saturated carbocycles. The maximum Gasteiger partial charge on any atom is 0.159 e. The van der Waals surface area contributed by atoms with Gasteiger partial charge in [-0.05, 0) is 37.3 Å². The Morgan fingerprint density at radius 2 is 2.24 bits per heavy atom. The van der Waals surface area contributed by atoms with Gasteiger partial charge in [0.2, 0.25) is 0 Å². The molecule has 0 heterocycles. The van der Waals surface area contributed by atoms with Crippen molar-refractivity contribution in [2.75, 3.05) is 19.5 Å². The van der Waals surface area contributed by atoms with E-state index in [4.69, 9.17) is 9.84 Å². The number of aliphatic hydroxyl groups excluding tert-OH is 1. The van der Waals surface area contributed by atoms with E-state index < -0.39 is 0 Å². The van der Waals surface area contributed by atoms with Crippen LogP contribution in [0.1, 0.15) is 29.3 Å². The van der Waals surface area contributed by atoms with E-state index in [2.05, 4.69) is 0 Å². The molecule has 1 N–H and O–H groups in total. The molecule has 0 fully saturated rings. The first-order chi connectivity index (χ1) is 8.19. The van der Waals surface area contributed by atoms with Crippen LogP contribution in [0.25, 0.3) is 0 Å². The van der Waals surface area contributed by atoms with Gasteiger partial charge in [0.1, 0.15) is 5.75 Å². The van der Waals surface area contributed by atoms with Gasteiger partial charge in [-0.25, -0.2) is 0 Å². The molecule has 0 radical (unpaired) electrons. The quantitative estimate of drug-likeness (QED) is 0.600. The van der Waals surface area contributed by atoms with Crippen molar-refractivity contribution in [2.24, 2.45) is 0 Å². The Hall–Kier alpha value is -1.00. The molecule has 0 aromatic heterocycles. The summed E-state index contributed by atoms with van der Waals surface area (Å²) in [7, 11) is 1.63. The van der Waals surface area contributed by atoms with Crippen LogP contribution in [0, 0.1) is 0 Å². The number of aliphatic hydroxyl groups is 1. The molecule has 94 valence electrons. The number of carbonyl (C=O) groups excluding carboxylic acids is 1. The van der Waals surface area contributed by atoms with Gasteiger partial charge < -0.3 is 9.84 Å². The molecule has 4 heteroatoms. The molecular weight excluding hydrogens is 236 g/mol. The molecule has 1 rings (SSSR count). The Balaban J connectivity index is 2.72. The highest BCUT2D eigenvalue weighted by Gasteiger charge is 2.07. The first kappa shape index (κ1) is 14.1. The Morgan fingerprint density at radius 1 is 1.47 bits per heavy atom. The maximum atomic E-state index is 11.3. The van der Waals surface area contributed by atoms with Crippen molar-refractivity contribution in [1.29, 1.82) is 0 Å². The first-order valence-electron chi connectivity index (χ1n) is 5.55. The third-order valence-corrected chi connectivity index (χ3v) is 3.48. The normalized spacial score (nSPS) is 10.3. The fraction of sp³-hybridized carbons (Fsp3) is 0.462. The summed E-state index contributed by atoms with van der Waals surface area (Å²) in [6.07, 6.45) is 0.791. The molecule has 0 atom stereocenters. The van der Waals surface area contributed by atoms with E-state index in [1.165, 1.54) is 0 Å². The standard InChI is InChI=1S/C13H18O3S/c1-10(15)11-4-5-13(16-2)12(8-11)9-17-7-3-6-14/h4-5,8,14H,3,6-7,9H2,1-2H3. The molecule has 0 spiro atoms. The zero-order chi connectivity index (χ0) is 12.7. The average molecular weight is 254 g/mol. The minimum Gasteiger partial charge on any atom is -0.496 e. The molecule has 17 heavy (non-hydrogen) atoms. The van der Waals surface area contributed by atoms with Gasteiger partial charge in [0.15, 0.2) is 5.78 Å². The van der Waals surface area contributed by atoms with E-state index in [9.17, 15) is 4.79 Å². The van der Waals surface area contributed by atoms with Crippen molar-refractivity contribution in [2.45, 2.75) is 19.1 Å². The smallest absolute Gasteiger partial charge is 0.159 e. The maximum absolute atomic E-state index is 11.3. The summed E-state index contributed by atoms with van der Waals surface area (Å²) in [6, 6.07) is 5.49. The monoisotopic (exact) mass is 254 g/mol. The molecule has 0 saturated heterocycles. The molecule has 1 aromatic rings. The van der Waals surface area contributed by atoms with Gasteiger partial charge in [-0.1, -0.05) is 0 Å². The van der Waals surface area contributed by atoms with Crippen molar-refractivity contribution in [3.63, 3.8) is 0 Å². The molecule has 0 bridgehead atoms. The Labute approximate surface area is 106 Å². The van der Waals surface area contributed by atoms with Gasteiger partial charge in [-0.15, -0.1) is 0 Å². The molecule has 0 aliphatic rings. The van der Waals surface area contributed by atoms with Crippen LogP contribution in [0.15, 0.2) is 18.2 Å². The highest BCUT2D eigenvalue weighted by molar-refractivity contribution is 7.98. The number of ketones is 1. The van der Waals surface area contributed by atoms with Gasteiger partial charge in [0.05, 0.1) is 7.11 Å². The summed E-state index contributed by atoms with van der Waals surface area (Å²) in [6.45, 7) is 1.78. The Bertz CT molecular complexity index is 377. The van der Waals surface area contributed by atoms with Crippen LogP contribution in [0.4, 0.5) is 0 Å². The number of thioether (sulfide) groups is 1. The van der Waals surface area contributed by atoms with Gasteiger partial charge >= 0.3 is 0 Å². The lowest BCUT2D eigenvalue weighted by Gasteiger charge is -2.09. The van der Waals surface area contributed by atoms with Gasteiger partial charge in [-0.2, -0.15) is 11.8 Å². The number of carbonyl (C=O) groups is 1. The van der Waals surface area contributed by atoms with Crippen molar-refractivity contribution < 1.29 is 14.6 Å². The highest BCUT2D eigenvalue weighted by atomic mass is 32.2. The minimum atomic E-state index is 0.0641. The van der Waals surface area contributed by atoms with E-state index in [0.29, 0.717) is 5.56 Å². The molecule has 0 unspecified atom stereocenters. The van der Waals surface area contributed by atoms with Crippen LogP contribution in [-0.2, 0) is 5.75 Å². The molecule has 1 aromatic carbocycles. The topological polar surface area (TPSA) is 46.5 Å². The van der Waals surface area contributed by atoms with Gasteiger partial charge in [-0.3, -0.25) is 4.79 Å². The van der Waals surface area contributed by atoms with Crippen molar-refractivity contribution in [3.8, 4) is 5.75 Å². The van der Waals surface area contributed by atoms with Crippen LogP contribution in [-0.4, -0.2) is 30.4 Å². The Morgan fingerprint density at radius 3 is 2.82 bits per heavy atom. The Kier molecular flexibility index (Phi) is 6.08. The van der Waals surface area contributed by atoms with Gasteiger partial charge in [0, 0.05) is 23.5 Å². The van der Waals surface area contributed by atoms with Crippen LogP contribution < -0.4 is 4.74 Å². The van der Waals surface area contributed by atoms with Crippen LogP contribution in [0.2, 0.25) is 0 Å². The van der Waals surface area contributed by atoms with Crippen LogP contribution in [0.3, 0.4) is 0 Å². The number of ether oxygens (including phenoxy) is 1. The summed E-state index contributed by atoms with van der Waals surface area (Å²) < 4.78 is 5.26. The number of methoxy groups -OCH3 is 1. The van der Waals surface area contributed by atoms with Gasteiger partial charge in [0.25, 0.3) is 0 Å². The number of rotatable bonds is 7. The highest BCUT2D eigenvalue weighted by Crippen LogP contribution is 2.25. The van der Waals surface area contributed by atoms with Crippen molar-refractivity contribution >= 4 is 17.5 Å². The fourth-order valence-electron chi connectivity index (χ4n) is 1.46. The predicted octanol–water partition coefficient (Wildman–Crippen LogP) is 2.51. The lowest BCUT2D eigenvalue weighted by atomic mass is 10.1. The molecule has 0 aliphatic heterocycles. The second-order valence-corrected chi connectivity index (χ2v) is 4.82. The zero-order valence-electron chi connectivity index (χ0n) is 10.2. The number of benzene rings is 1. The van der Waals surface area contributed by atoms with E-state index in [1.807, 2.05) is 12.1 Å². The lowest BCUT2D eigenvalue weighted by Crippen LogP contribution is -1.97. The zero-order valence-corrected chi connectivity index (χ0v) is 11.0. The largest absolute Gasteiger partial charge is 0.496 e. The average Bonchev–Trinajstić information content (AvgIpc) is 2.34. The van der Waals surface area contributed by atoms with Crippen LogP contribution >= 0.6 is 11.8 Å². The molecule has 0 amide bonds. The van der Waals surface area contributed by atoms with E-state index in [1.54, 1.807) is 31.9 Å². The summed E-state index contributed by atoms with van der Waals surface area (Å²) >= 11 is 1.73. The predicted molar refractivity (Wildman–Crippen MR) is 70.9 cm³/mol. The number of hydrogen-bond donors (Lipinski definition) is 1. The third kappa shape index (κ3) is 4.40. The molecular formula is C13H18O3S. The minimum absolute atomic E-state index is 0.0641. The molecule has 3 nitrogen and oxygen atoms in total. The van der Waals surface area contributed by atoms with Crippen LogP contribution in [0.5, 0.6) is 5.75 Å². The van der Waals surface area contributed by atoms with E-state index in [-0.39, 0.29) is 12.4 Å². The lowest BCUT2D eigenvalue weighted by molar-refractivity contribution is 0.101. The summed E-state index contributed by atoms with van der Waals surface area (Å²) in [5.41, 5.74) is 1.74. The number of hydrogen-bond acceptors (Lipinski definition) is 4. The second kappa shape index (κ2) is 7.35. The second-order valence-electron chi connectivity index (χ2n) is 3.71. The van der Waals surface area contributed by atoms with Crippen molar-refractivity contribution in [3.05, 3.63) is 29.3 Å². The summed E-state index contributed by atoms with van der Waals surface area (Å²) in [5, 5.41) is 8.70. The summed E-state index contributed by atoms with van der Waals surface area (Å²) in [4.78, 5) is 11.3. The van der Waals surface area contributed by atoms with E-state index >= 15 is 0 Å². The fourth-order valence-corrected chi connectivity index (χ4v) is 2.38. The third-order valence-electron chi connectivity index (χ3n) is 2.39. The summed E-state index contributed by atoms with van der Waals surface area (Å²) in [5.74, 6) is 2.58. The molecule has 0 aliphatic carbocycles. The first-order valence-corrected chi connectivity index (χ1v) is 6.71. The van der Waals surface area contributed by atoms with Crippen molar-refractivity contribution in [1.82, 2.24) is 0 Å².